The van der Waals surface area contributed by atoms with E-state index in [0.717, 1.165) is 11.8 Å². The predicted molar refractivity (Wildman–Crippen MR) is 52.4 cm³/mol. The van der Waals surface area contributed by atoms with Gasteiger partial charge in [-0.05, 0) is 5.56 Å². The summed E-state index contributed by atoms with van der Waals surface area (Å²) in [5.74, 6) is 0. The molecule has 0 atom stereocenters. The van der Waals surface area contributed by atoms with E-state index < -0.39 is 4.92 Å². The average Bonchev–Trinajstić information content (AvgIpc) is 2.67. The molecule has 0 aliphatic heterocycles. The maximum absolute atomic E-state index is 10.6. The van der Waals surface area contributed by atoms with Crippen LogP contribution in [0.4, 0.5) is 5.69 Å². The molecule has 5 nitrogen and oxygen atoms in total. The Balaban J connectivity index is 2.25. The Bertz CT molecular complexity index is 465. The van der Waals surface area contributed by atoms with Crippen LogP contribution in [0, 0.1) is 10.1 Å². The summed E-state index contributed by atoms with van der Waals surface area (Å²) in [6.45, 7) is 0. The Kier molecular flexibility index (Phi) is 2.45. The van der Waals surface area contributed by atoms with Crippen molar-refractivity contribution in [1.82, 2.24) is 5.16 Å². The van der Waals surface area contributed by atoms with Crippen molar-refractivity contribution in [2.24, 2.45) is 0 Å². The Morgan fingerprint density at radius 1 is 1.33 bits per heavy atom. The van der Waals surface area contributed by atoms with Crippen molar-refractivity contribution >= 4 is 5.69 Å². The Morgan fingerprint density at radius 2 is 2.07 bits per heavy atom. The monoisotopic (exact) mass is 204 g/mol. The van der Waals surface area contributed by atoms with Gasteiger partial charge in [0.25, 0.3) is 0 Å². The van der Waals surface area contributed by atoms with Crippen molar-refractivity contribution in [3.05, 3.63) is 58.0 Å². The van der Waals surface area contributed by atoms with Crippen molar-refractivity contribution in [2.75, 3.05) is 0 Å². The van der Waals surface area contributed by atoms with Gasteiger partial charge in [0.1, 0.15) is 0 Å². The molecule has 2 aromatic rings. The van der Waals surface area contributed by atoms with E-state index in [1.54, 1.807) is 0 Å². The minimum atomic E-state index is -0.491. The molecule has 15 heavy (non-hydrogen) atoms. The normalized spacial score (nSPS) is 10.1. The summed E-state index contributed by atoms with van der Waals surface area (Å²) in [4.78, 5) is 10.1. The van der Waals surface area contributed by atoms with Crippen molar-refractivity contribution in [3.8, 4) is 0 Å². The molecule has 1 aromatic carbocycles. The Morgan fingerprint density at radius 3 is 2.73 bits per heavy atom. The van der Waals surface area contributed by atoms with E-state index in [-0.39, 0.29) is 5.69 Å². The third-order valence-electron chi connectivity index (χ3n) is 2.03. The first-order valence-electron chi connectivity index (χ1n) is 4.39. The molecule has 0 radical (unpaired) electrons. The lowest BCUT2D eigenvalue weighted by atomic mass is 10.1. The number of hydrogen-bond donors (Lipinski definition) is 0. The van der Waals surface area contributed by atoms with Gasteiger partial charge in [0.2, 0.25) is 6.26 Å². The predicted octanol–water partition coefficient (Wildman–Crippen LogP) is 2.17. The van der Waals surface area contributed by atoms with Gasteiger partial charge in [-0.2, -0.15) is 0 Å². The molecule has 0 saturated carbocycles. The number of nitrogens with zero attached hydrogens (tertiary/aromatic N) is 2. The van der Waals surface area contributed by atoms with Crippen molar-refractivity contribution < 1.29 is 9.45 Å². The van der Waals surface area contributed by atoms with Gasteiger partial charge in [-0.15, -0.1) is 0 Å². The third kappa shape index (κ3) is 2.01. The molecule has 5 heteroatoms. The second kappa shape index (κ2) is 3.91. The molecule has 0 aliphatic carbocycles. The first-order chi connectivity index (χ1) is 7.27. The van der Waals surface area contributed by atoms with Crippen LogP contribution >= 0.6 is 0 Å². The first-order valence-corrected chi connectivity index (χ1v) is 4.39. The minimum Gasteiger partial charge on any atom is -0.357 e. The van der Waals surface area contributed by atoms with E-state index in [9.17, 15) is 10.1 Å². The van der Waals surface area contributed by atoms with Gasteiger partial charge in [-0.1, -0.05) is 35.5 Å². The van der Waals surface area contributed by atoms with Crippen molar-refractivity contribution in [2.45, 2.75) is 6.42 Å². The fraction of sp³-hybridized carbons (Fsp3) is 0.100. The zero-order chi connectivity index (χ0) is 10.7. The van der Waals surface area contributed by atoms with E-state index >= 15 is 0 Å². The number of aromatic nitrogens is 1. The summed E-state index contributed by atoms with van der Waals surface area (Å²) in [7, 11) is 0. The van der Waals surface area contributed by atoms with Gasteiger partial charge in [0, 0.05) is 6.42 Å². The van der Waals surface area contributed by atoms with Gasteiger partial charge in [0.05, 0.1) is 4.92 Å². The number of nitro groups is 1. The largest absolute Gasteiger partial charge is 0.357 e. The van der Waals surface area contributed by atoms with Gasteiger partial charge < -0.3 is 4.52 Å². The maximum atomic E-state index is 10.6. The second-order valence-electron chi connectivity index (χ2n) is 3.07. The van der Waals surface area contributed by atoms with Crippen LogP contribution < -0.4 is 0 Å². The third-order valence-corrected chi connectivity index (χ3v) is 2.03. The van der Waals surface area contributed by atoms with Crippen LogP contribution in [0.1, 0.15) is 11.3 Å². The highest BCUT2D eigenvalue weighted by atomic mass is 16.6. The highest BCUT2D eigenvalue weighted by molar-refractivity contribution is 5.34. The van der Waals surface area contributed by atoms with Crippen LogP contribution in [-0.4, -0.2) is 10.1 Å². The SMILES string of the molecule is O=[N+]([O-])c1conc1Cc1ccccc1. The molecule has 1 aromatic heterocycles. The summed E-state index contributed by atoms with van der Waals surface area (Å²) >= 11 is 0. The molecule has 0 fully saturated rings. The van der Waals surface area contributed by atoms with Crippen LogP contribution in [0.25, 0.3) is 0 Å². The first kappa shape index (κ1) is 9.39. The van der Waals surface area contributed by atoms with E-state index in [4.69, 9.17) is 0 Å². The molecular formula is C10H8N2O3. The summed E-state index contributed by atoms with van der Waals surface area (Å²) in [6, 6.07) is 9.42. The van der Waals surface area contributed by atoms with Crippen molar-refractivity contribution in [1.29, 1.82) is 0 Å². The van der Waals surface area contributed by atoms with Crippen LogP contribution in [0.2, 0.25) is 0 Å². The summed E-state index contributed by atoms with van der Waals surface area (Å²) < 4.78 is 4.59. The molecule has 0 amide bonds. The average molecular weight is 204 g/mol. The smallest absolute Gasteiger partial charge is 0.331 e. The summed E-state index contributed by atoms with van der Waals surface area (Å²) in [5.41, 5.74) is 1.25. The fourth-order valence-corrected chi connectivity index (χ4v) is 1.32. The van der Waals surface area contributed by atoms with Crippen LogP contribution in [0.3, 0.4) is 0 Å². The lowest BCUT2D eigenvalue weighted by molar-refractivity contribution is -0.385. The quantitative estimate of drug-likeness (QED) is 0.567. The van der Waals surface area contributed by atoms with Gasteiger partial charge >= 0.3 is 5.69 Å². The molecule has 1 heterocycles. The van der Waals surface area contributed by atoms with Crippen molar-refractivity contribution in [3.63, 3.8) is 0 Å². The molecule has 0 spiro atoms. The molecule has 0 unspecified atom stereocenters. The number of rotatable bonds is 3. The highest BCUT2D eigenvalue weighted by Crippen LogP contribution is 2.19. The fourth-order valence-electron chi connectivity index (χ4n) is 1.32. The van der Waals surface area contributed by atoms with Crippen LogP contribution in [0.5, 0.6) is 0 Å². The Labute approximate surface area is 85.5 Å². The van der Waals surface area contributed by atoms with Crippen LogP contribution in [-0.2, 0) is 6.42 Å². The zero-order valence-corrected chi connectivity index (χ0v) is 7.79. The van der Waals surface area contributed by atoms with Gasteiger partial charge in [0.15, 0.2) is 5.69 Å². The zero-order valence-electron chi connectivity index (χ0n) is 7.79. The molecule has 0 N–H and O–H groups in total. The lowest BCUT2D eigenvalue weighted by Gasteiger charge is -1.95. The highest BCUT2D eigenvalue weighted by Gasteiger charge is 2.18. The maximum Gasteiger partial charge on any atom is 0.331 e. The van der Waals surface area contributed by atoms with E-state index in [2.05, 4.69) is 9.68 Å². The van der Waals surface area contributed by atoms with E-state index in [1.807, 2.05) is 30.3 Å². The topological polar surface area (TPSA) is 69.2 Å². The Hall–Kier alpha value is -2.17. The number of benzene rings is 1. The lowest BCUT2D eigenvalue weighted by Crippen LogP contribution is -1.94. The van der Waals surface area contributed by atoms with E-state index in [1.165, 1.54) is 0 Å². The summed E-state index contributed by atoms with van der Waals surface area (Å²) in [5, 5.41) is 14.2. The van der Waals surface area contributed by atoms with Gasteiger partial charge in [-0.25, -0.2) is 0 Å². The standard InChI is InChI=1S/C10H8N2O3/c13-12(14)10-7-15-11-9(10)6-8-4-2-1-3-5-8/h1-5,7H,6H2. The molecular weight excluding hydrogens is 196 g/mol. The molecule has 0 aliphatic rings. The minimum absolute atomic E-state index is 0.0705. The molecule has 2 rings (SSSR count). The molecule has 0 saturated heterocycles. The summed E-state index contributed by atoms with van der Waals surface area (Å²) in [6.07, 6.45) is 1.46. The van der Waals surface area contributed by atoms with Crippen LogP contribution in [0.15, 0.2) is 41.1 Å². The molecule has 0 bridgehead atoms. The van der Waals surface area contributed by atoms with Gasteiger partial charge in [-0.3, -0.25) is 10.1 Å². The molecule has 76 valence electrons. The van der Waals surface area contributed by atoms with E-state index in [0.29, 0.717) is 12.1 Å². The second-order valence-corrected chi connectivity index (χ2v) is 3.07. The number of hydrogen-bond acceptors (Lipinski definition) is 4.